The van der Waals surface area contributed by atoms with Gasteiger partial charge in [0.05, 0.1) is 6.61 Å². The van der Waals surface area contributed by atoms with Crippen LogP contribution in [0.1, 0.15) is 22.7 Å². The van der Waals surface area contributed by atoms with Crippen molar-refractivity contribution in [3.05, 3.63) is 17.8 Å². The van der Waals surface area contributed by atoms with Gasteiger partial charge in [0.1, 0.15) is 5.76 Å². The minimum atomic E-state index is -0.265. The Labute approximate surface area is 117 Å². The lowest BCUT2D eigenvalue weighted by Gasteiger charge is -2.16. The predicted molar refractivity (Wildman–Crippen MR) is 70.1 cm³/mol. The number of hydrogen-bond donors (Lipinski definition) is 1. The zero-order chi connectivity index (χ0) is 14.5. The van der Waals surface area contributed by atoms with Gasteiger partial charge < -0.3 is 19.4 Å². The first-order valence-electron chi connectivity index (χ1n) is 6.56. The molecular formula is C13H19N3O4. The molecule has 1 aromatic heterocycles. The number of oxazole rings is 1. The summed E-state index contributed by atoms with van der Waals surface area (Å²) in [5.74, 6) is 0.472. The summed E-state index contributed by atoms with van der Waals surface area (Å²) in [6.45, 7) is 3.93. The SMILES string of the molecule is COCCN1C[C@@H](CNC(=O)c2ncoc2C)CC1=O. The first kappa shape index (κ1) is 14.5. The van der Waals surface area contributed by atoms with Gasteiger partial charge in [0, 0.05) is 39.1 Å². The largest absolute Gasteiger partial charge is 0.448 e. The van der Waals surface area contributed by atoms with E-state index < -0.39 is 0 Å². The number of amides is 2. The van der Waals surface area contributed by atoms with Crippen LogP contribution in [-0.2, 0) is 9.53 Å². The van der Waals surface area contributed by atoms with E-state index in [4.69, 9.17) is 9.15 Å². The Morgan fingerprint density at radius 1 is 1.65 bits per heavy atom. The standard InChI is InChI=1S/C13H19N3O4/c1-9-12(15-8-20-9)13(18)14-6-10-5-11(17)16(7-10)3-4-19-2/h8,10H,3-7H2,1-2H3,(H,14,18)/t10-/m1/s1. The van der Waals surface area contributed by atoms with E-state index in [1.54, 1.807) is 18.9 Å². The highest BCUT2D eigenvalue weighted by Crippen LogP contribution is 2.16. The van der Waals surface area contributed by atoms with Crippen LogP contribution < -0.4 is 5.32 Å². The molecule has 1 aliphatic rings. The summed E-state index contributed by atoms with van der Waals surface area (Å²) in [6.07, 6.45) is 1.71. The van der Waals surface area contributed by atoms with Crippen molar-refractivity contribution in [2.75, 3.05) is 33.4 Å². The van der Waals surface area contributed by atoms with E-state index >= 15 is 0 Å². The van der Waals surface area contributed by atoms with Crippen molar-refractivity contribution < 1.29 is 18.7 Å². The lowest BCUT2D eigenvalue weighted by atomic mass is 10.1. The molecule has 0 radical (unpaired) electrons. The van der Waals surface area contributed by atoms with E-state index in [0.717, 1.165) is 0 Å². The fourth-order valence-corrected chi connectivity index (χ4v) is 2.25. The van der Waals surface area contributed by atoms with E-state index in [1.165, 1.54) is 6.39 Å². The molecular weight excluding hydrogens is 262 g/mol. The number of methoxy groups -OCH3 is 1. The van der Waals surface area contributed by atoms with Crippen LogP contribution in [-0.4, -0.2) is 55.0 Å². The summed E-state index contributed by atoms with van der Waals surface area (Å²) in [5, 5.41) is 2.79. The fraction of sp³-hybridized carbons (Fsp3) is 0.615. The van der Waals surface area contributed by atoms with Crippen molar-refractivity contribution in [1.82, 2.24) is 15.2 Å². The van der Waals surface area contributed by atoms with Gasteiger partial charge in [0.15, 0.2) is 12.1 Å². The summed E-state index contributed by atoms with van der Waals surface area (Å²) >= 11 is 0. The van der Waals surface area contributed by atoms with Crippen molar-refractivity contribution in [3.8, 4) is 0 Å². The third-order valence-corrected chi connectivity index (χ3v) is 3.37. The average molecular weight is 281 g/mol. The maximum atomic E-state index is 11.9. The van der Waals surface area contributed by atoms with Crippen LogP contribution in [0.25, 0.3) is 0 Å². The van der Waals surface area contributed by atoms with Gasteiger partial charge in [-0.2, -0.15) is 0 Å². The summed E-state index contributed by atoms with van der Waals surface area (Å²) in [5.41, 5.74) is 0.297. The number of carbonyl (C=O) groups is 2. The van der Waals surface area contributed by atoms with Gasteiger partial charge in [-0.15, -0.1) is 0 Å². The number of ether oxygens (including phenoxy) is 1. The summed E-state index contributed by atoms with van der Waals surface area (Å²) in [4.78, 5) is 29.2. The molecule has 2 heterocycles. The Bertz CT molecular complexity index is 486. The molecule has 1 aromatic rings. The van der Waals surface area contributed by atoms with Crippen molar-refractivity contribution in [2.24, 2.45) is 5.92 Å². The fourth-order valence-electron chi connectivity index (χ4n) is 2.25. The smallest absolute Gasteiger partial charge is 0.273 e. The molecule has 1 atom stereocenters. The number of nitrogens with one attached hydrogen (secondary N) is 1. The Balaban J connectivity index is 1.79. The average Bonchev–Trinajstić information content (AvgIpc) is 3.00. The van der Waals surface area contributed by atoms with Crippen LogP contribution in [0.3, 0.4) is 0 Å². The van der Waals surface area contributed by atoms with Gasteiger partial charge in [-0.1, -0.05) is 0 Å². The van der Waals surface area contributed by atoms with Gasteiger partial charge in [-0.05, 0) is 6.92 Å². The zero-order valence-electron chi connectivity index (χ0n) is 11.7. The number of carbonyl (C=O) groups excluding carboxylic acids is 2. The second-order valence-corrected chi connectivity index (χ2v) is 4.87. The molecule has 1 fully saturated rings. The molecule has 1 saturated heterocycles. The first-order chi connectivity index (χ1) is 9.61. The number of aromatic nitrogens is 1. The third kappa shape index (κ3) is 3.36. The Morgan fingerprint density at radius 2 is 2.45 bits per heavy atom. The van der Waals surface area contributed by atoms with Gasteiger partial charge in [-0.3, -0.25) is 9.59 Å². The quantitative estimate of drug-likeness (QED) is 0.805. The van der Waals surface area contributed by atoms with Crippen LogP contribution >= 0.6 is 0 Å². The summed E-state index contributed by atoms with van der Waals surface area (Å²) in [6, 6.07) is 0. The molecule has 2 amide bonds. The Hall–Kier alpha value is -1.89. The second kappa shape index (κ2) is 6.51. The molecule has 1 N–H and O–H groups in total. The highest BCUT2D eigenvalue weighted by atomic mass is 16.5. The maximum Gasteiger partial charge on any atom is 0.273 e. The molecule has 20 heavy (non-hydrogen) atoms. The van der Waals surface area contributed by atoms with Crippen molar-refractivity contribution in [1.29, 1.82) is 0 Å². The van der Waals surface area contributed by atoms with Gasteiger partial charge >= 0.3 is 0 Å². The Morgan fingerprint density at radius 3 is 3.10 bits per heavy atom. The highest BCUT2D eigenvalue weighted by Gasteiger charge is 2.29. The van der Waals surface area contributed by atoms with Gasteiger partial charge in [-0.25, -0.2) is 4.98 Å². The number of nitrogens with zero attached hydrogens (tertiary/aromatic N) is 2. The van der Waals surface area contributed by atoms with Crippen LogP contribution in [0.2, 0.25) is 0 Å². The predicted octanol–water partition coefficient (Wildman–Crippen LogP) is 0.208. The van der Waals surface area contributed by atoms with Crippen molar-refractivity contribution in [2.45, 2.75) is 13.3 Å². The molecule has 2 rings (SSSR count). The normalized spacial score (nSPS) is 18.6. The second-order valence-electron chi connectivity index (χ2n) is 4.87. The maximum absolute atomic E-state index is 11.9. The molecule has 0 bridgehead atoms. The van der Waals surface area contributed by atoms with E-state index in [0.29, 0.717) is 44.1 Å². The van der Waals surface area contributed by atoms with E-state index in [2.05, 4.69) is 10.3 Å². The minimum Gasteiger partial charge on any atom is -0.448 e. The molecule has 110 valence electrons. The number of rotatable bonds is 6. The minimum absolute atomic E-state index is 0.110. The lowest BCUT2D eigenvalue weighted by Crippen LogP contribution is -2.32. The van der Waals surface area contributed by atoms with Gasteiger partial charge in [0.2, 0.25) is 5.91 Å². The van der Waals surface area contributed by atoms with Crippen molar-refractivity contribution >= 4 is 11.8 Å². The van der Waals surface area contributed by atoms with Crippen molar-refractivity contribution in [3.63, 3.8) is 0 Å². The van der Waals surface area contributed by atoms with E-state index in [9.17, 15) is 9.59 Å². The third-order valence-electron chi connectivity index (χ3n) is 3.37. The first-order valence-corrected chi connectivity index (χ1v) is 6.56. The van der Waals surface area contributed by atoms with Crippen LogP contribution in [0.4, 0.5) is 0 Å². The van der Waals surface area contributed by atoms with Crippen LogP contribution in [0.15, 0.2) is 10.8 Å². The lowest BCUT2D eigenvalue weighted by molar-refractivity contribution is -0.128. The summed E-state index contributed by atoms with van der Waals surface area (Å²) < 4.78 is 9.95. The molecule has 7 heteroatoms. The molecule has 7 nitrogen and oxygen atoms in total. The van der Waals surface area contributed by atoms with Gasteiger partial charge in [0.25, 0.3) is 5.91 Å². The van der Waals surface area contributed by atoms with Crippen LogP contribution in [0, 0.1) is 12.8 Å². The highest BCUT2D eigenvalue weighted by molar-refractivity contribution is 5.93. The molecule has 0 spiro atoms. The monoisotopic (exact) mass is 281 g/mol. The number of hydrogen-bond acceptors (Lipinski definition) is 5. The zero-order valence-corrected chi connectivity index (χ0v) is 11.7. The van der Waals surface area contributed by atoms with E-state index in [1.807, 2.05) is 0 Å². The molecule has 0 saturated carbocycles. The Kier molecular flexibility index (Phi) is 4.73. The van der Waals surface area contributed by atoms with E-state index in [-0.39, 0.29) is 17.7 Å². The van der Waals surface area contributed by atoms with Crippen LogP contribution in [0.5, 0.6) is 0 Å². The molecule has 0 unspecified atom stereocenters. The molecule has 0 aliphatic carbocycles. The summed E-state index contributed by atoms with van der Waals surface area (Å²) in [7, 11) is 1.61. The number of aryl methyl sites for hydroxylation is 1. The topological polar surface area (TPSA) is 84.7 Å². The molecule has 0 aromatic carbocycles. The molecule has 1 aliphatic heterocycles. The number of likely N-dealkylation sites (tertiary alicyclic amines) is 1.